The van der Waals surface area contributed by atoms with Crippen LogP contribution in [0.5, 0.6) is 5.75 Å². The third-order valence-corrected chi connectivity index (χ3v) is 5.30. The maximum atomic E-state index is 11.5. The van der Waals surface area contributed by atoms with Crippen molar-refractivity contribution < 1.29 is 13.2 Å². The molecule has 0 radical (unpaired) electrons. The van der Waals surface area contributed by atoms with Crippen LogP contribution in [0.3, 0.4) is 0 Å². The van der Waals surface area contributed by atoms with Gasteiger partial charge in [-0.15, -0.1) is 0 Å². The molecule has 0 unspecified atom stereocenters. The van der Waals surface area contributed by atoms with E-state index in [4.69, 9.17) is 4.74 Å². The second-order valence-corrected chi connectivity index (χ2v) is 7.64. The quantitative estimate of drug-likeness (QED) is 0.752. The summed E-state index contributed by atoms with van der Waals surface area (Å²) < 4.78 is 30.7. The Morgan fingerprint density at radius 2 is 2.00 bits per heavy atom. The summed E-state index contributed by atoms with van der Waals surface area (Å²) in [6.07, 6.45) is 3.64. The molecule has 5 heteroatoms. The zero-order chi connectivity index (χ0) is 15.3. The predicted molar refractivity (Wildman–Crippen MR) is 86.7 cm³/mol. The van der Waals surface area contributed by atoms with Crippen molar-refractivity contribution >= 4 is 20.7 Å². The molecule has 0 bridgehead atoms. The van der Waals surface area contributed by atoms with Crippen LogP contribution in [0.1, 0.15) is 26.7 Å². The molecule has 0 atom stereocenters. The molecule has 1 heterocycles. The van der Waals surface area contributed by atoms with E-state index in [1.807, 2.05) is 30.5 Å². The fourth-order valence-electron chi connectivity index (χ4n) is 2.28. The Kier molecular flexibility index (Phi) is 5.28. The normalized spacial score (nSPS) is 11.9. The van der Waals surface area contributed by atoms with Crippen LogP contribution in [-0.4, -0.2) is 31.1 Å². The molecule has 0 aliphatic heterocycles. The molecule has 0 amide bonds. The summed E-state index contributed by atoms with van der Waals surface area (Å²) in [4.78, 5) is 0. The van der Waals surface area contributed by atoms with Crippen molar-refractivity contribution in [1.29, 1.82) is 0 Å². The average Bonchev–Trinajstić information content (AvgIpc) is 2.87. The monoisotopic (exact) mass is 309 g/mol. The first-order valence-electron chi connectivity index (χ1n) is 7.48. The van der Waals surface area contributed by atoms with E-state index >= 15 is 0 Å². The van der Waals surface area contributed by atoms with Gasteiger partial charge in [-0.05, 0) is 37.1 Å². The summed E-state index contributed by atoms with van der Waals surface area (Å²) in [5, 5.41) is 1.13. The van der Waals surface area contributed by atoms with E-state index in [0.29, 0.717) is 6.42 Å². The number of benzene rings is 1. The van der Waals surface area contributed by atoms with Gasteiger partial charge in [0.1, 0.15) is 15.6 Å². The highest BCUT2D eigenvalue weighted by Gasteiger charge is 2.08. The van der Waals surface area contributed by atoms with Gasteiger partial charge >= 0.3 is 0 Å². The first-order chi connectivity index (χ1) is 10.1. The minimum atomic E-state index is -2.88. The third-order valence-electron chi connectivity index (χ3n) is 3.51. The van der Waals surface area contributed by atoms with Gasteiger partial charge in [-0.3, -0.25) is 0 Å². The van der Waals surface area contributed by atoms with Crippen molar-refractivity contribution in [2.45, 2.75) is 33.2 Å². The maximum Gasteiger partial charge on any atom is 0.150 e. The van der Waals surface area contributed by atoms with E-state index in [1.54, 1.807) is 6.92 Å². The zero-order valence-electron chi connectivity index (χ0n) is 12.7. The minimum Gasteiger partial charge on any atom is -0.494 e. The van der Waals surface area contributed by atoms with Crippen molar-refractivity contribution in [3.63, 3.8) is 0 Å². The summed E-state index contributed by atoms with van der Waals surface area (Å²) in [6, 6.07) is 8.08. The van der Waals surface area contributed by atoms with Crippen LogP contribution in [0.15, 0.2) is 30.5 Å². The highest BCUT2D eigenvalue weighted by molar-refractivity contribution is 7.91. The number of sulfone groups is 1. The lowest BCUT2D eigenvalue weighted by atomic mass is 10.2. The predicted octanol–water partition coefficient (Wildman–Crippen LogP) is 3.25. The van der Waals surface area contributed by atoms with Gasteiger partial charge in [0.2, 0.25) is 0 Å². The van der Waals surface area contributed by atoms with E-state index in [1.165, 1.54) is 0 Å². The molecule has 21 heavy (non-hydrogen) atoms. The molecular formula is C16H23NO3S. The van der Waals surface area contributed by atoms with Crippen LogP contribution in [0.25, 0.3) is 10.9 Å². The van der Waals surface area contributed by atoms with Crippen LogP contribution >= 0.6 is 0 Å². The first kappa shape index (κ1) is 15.9. The molecule has 0 aliphatic carbocycles. The molecule has 0 saturated heterocycles. The summed E-state index contributed by atoms with van der Waals surface area (Å²) in [7, 11) is -2.88. The fraction of sp³-hybridized carbons (Fsp3) is 0.500. The lowest BCUT2D eigenvalue weighted by molar-refractivity contribution is 0.318. The van der Waals surface area contributed by atoms with E-state index in [-0.39, 0.29) is 11.5 Å². The van der Waals surface area contributed by atoms with Crippen molar-refractivity contribution in [3.8, 4) is 5.75 Å². The molecule has 0 N–H and O–H groups in total. The van der Waals surface area contributed by atoms with Crippen LogP contribution < -0.4 is 4.74 Å². The average molecular weight is 309 g/mol. The smallest absolute Gasteiger partial charge is 0.150 e. The Balaban J connectivity index is 2.05. The molecule has 0 aliphatic rings. The fourth-order valence-corrected chi connectivity index (χ4v) is 3.14. The number of aryl methyl sites for hydroxylation is 1. The lowest BCUT2D eigenvalue weighted by Gasteiger charge is -2.07. The number of nitrogens with zero attached hydrogens (tertiary/aromatic N) is 1. The Bertz CT molecular complexity index is 689. The molecule has 116 valence electrons. The Labute approximate surface area is 126 Å². The van der Waals surface area contributed by atoms with E-state index in [9.17, 15) is 8.42 Å². The molecule has 2 aromatic rings. The van der Waals surface area contributed by atoms with Crippen LogP contribution in [-0.2, 0) is 16.4 Å². The Morgan fingerprint density at radius 1 is 1.19 bits per heavy atom. The van der Waals surface area contributed by atoms with Gasteiger partial charge in [-0.25, -0.2) is 8.42 Å². The molecule has 0 fully saturated rings. The summed E-state index contributed by atoms with van der Waals surface area (Å²) in [5.41, 5.74) is 1.12. The van der Waals surface area contributed by atoms with Crippen molar-refractivity contribution in [1.82, 2.24) is 4.57 Å². The second-order valence-electron chi connectivity index (χ2n) is 5.17. The van der Waals surface area contributed by atoms with Gasteiger partial charge in [0.05, 0.1) is 12.4 Å². The lowest BCUT2D eigenvalue weighted by Crippen LogP contribution is -2.11. The van der Waals surface area contributed by atoms with Crippen molar-refractivity contribution in [2.24, 2.45) is 0 Å². The van der Waals surface area contributed by atoms with Crippen molar-refractivity contribution in [3.05, 3.63) is 30.5 Å². The number of ether oxygens (including phenoxy) is 1. The van der Waals surface area contributed by atoms with E-state index in [2.05, 4.69) is 11.5 Å². The Hall–Kier alpha value is -1.49. The molecule has 0 spiro atoms. The first-order valence-corrected chi connectivity index (χ1v) is 9.30. The van der Waals surface area contributed by atoms with Crippen molar-refractivity contribution in [2.75, 3.05) is 18.1 Å². The van der Waals surface area contributed by atoms with Crippen LogP contribution in [0.4, 0.5) is 0 Å². The number of fused-ring (bicyclic) bond motifs is 1. The topological polar surface area (TPSA) is 48.3 Å². The number of hydrogen-bond acceptors (Lipinski definition) is 3. The van der Waals surface area contributed by atoms with E-state index in [0.717, 1.165) is 36.2 Å². The highest BCUT2D eigenvalue weighted by Crippen LogP contribution is 2.22. The Morgan fingerprint density at radius 3 is 2.71 bits per heavy atom. The van der Waals surface area contributed by atoms with Gasteiger partial charge in [0.25, 0.3) is 0 Å². The number of aromatic nitrogens is 1. The molecule has 1 aromatic carbocycles. The van der Waals surface area contributed by atoms with E-state index < -0.39 is 9.84 Å². The highest BCUT2D eigenvalue weighted by atomic mass is 32.2. The van der Waals surface area contributed by atoms with Gasteiger partial charge in [-0.1, -0.05) is 13.8 Å². The second kappa shape index (κ2) is 6.98. The van der Waals surface area contributed by atoms with Gasteiger partial charge in [0.15, 0.2) is 0 Å². The van der Waals surface area contributed by atoms with Crippen LogP contribution in [0, 0.1) is 0 Å². The molecule has 0 saturated carbocycles. The molecular weight excluding hydrogens is 286 g/mol. The summed E-state index contributed by atoms with van der Waals surface area (Å²) >= 11 is 0. The maximum absolute atomic E-state index is 11.5. The standard InChI is InChI=1S/C16H23NO3S/c1-3-11-20-15-6-7-16-14(13-15)8-10-17(16)9-5-12-21(18,19)4-2/h6-8,10,13H,3-5,9,11-12H2,1-2H3. The van der Waals surface area contributed by atoms with Gasteiger partial charge < -0.3 is 9.30 Å². The third kappa shape index (κ3) is 4.24. The summed E-state index contributed by atoms with van der Waals surface area (Å²) in [5.74, 6) is 1.36. The van der Waals surface area contributed by atoms with Crippen LogP contribution in [0.2, 0.25) is 0 Å². The molecule has 1 aromatic heterocycles. The largest absolute Gasteiger partial charge is 0.494 e. The van der Waals surface area contributed by atoms with Gasteiger partial charge in [0, 0.05) is 29.4 Å². The van der Waals surface area contributed by atoms with Gasteiger partial charge in [-0.2, -0.15) is 0 Å². The summed E-state index contributed by atoms with van der Waals surface area (Å²) in [6.45, 7) is 5.22. The number of rotatable bonds is 8. The zero-order valence-corrected chi connectivity index (χ0v) is 13.5. The number of hydrogen-bond donors (Lipinski definition) is 0. The molecule has 4 nitrogen and oxygen atoms in total. The minimum absolute atomic E-state index is 0.220. The SMILES string of the molecule is CCCOc1ccc2c(ccn2CCCS(=O)(=O)CC)c1. The molecule has 2 rings (SSSR count).